The first-order chi connectivity index (χ1) is 15.3. The molecule has 3 amide bonds. The van der Waals surface area contributed by atoms with Crippen LogP contribution in [0.25, 0.3) is 0 Å². The molecule has 0 saturated carbocycles. The number of alkyl carbamates (subject to hydrolysis) is 1. The van der Waals surface area contributed by atoms with Gasteiger partial charge < -0.3 is 20.3 Å². The van der Waals surface area contributed by atoms with E-state index in [0.717, 1.165) is 24.0 Å². The molecule has 3 atom stereocenters. The number of benzene rings is 1. The molecule has 2 N–H and O–H groups in total. The van der Waals surface area contributed by atoms with Crippen LogP contribution in [0.4, 0.5) is 4.79 Å². The number of hydrogen-bond acceptors (Lipinski definition) is 5. The Balaban J connectivity index is 3.34. The summed E-state index contributed by atoms with van der Waals surface area (Å²) in [4.78, 5) is 40.2. The van der Waals surface area contributed by atoms with Gasteiger partial charge in [0.2, 0.25) is 11.8 Å². The number of amides is 3. The number of nitrogens with one attached hydrogen (secondary N) is 2. The van der Waals surface area contributed by atoms with Crippen molar-refractivity contribution in [2.24, 2.45) is 0 Å². The van der Waals surface area contributed by atoms with Crippen molar-refractivity contribution in [1.82, 2.24) is 15.5 Å². The number of hydrogen-bond donors (Lipinski definition) is 2. The largest absolute Gasteiger partial charge is 0.444 e. The lowest BCUT2D eigenvalue weighted by atomic mass is 9.96. The van der Waals surface area contributed by atoms with Crippen LogP contribution < -0.4 is 10.6 Å². The molecule has 0 aliphatic heterocycles. The number of nitriles is 1. The summed E-state index contributed by atoms with van der Waals surface area (Å²) in [5.41, 5.74) is 1.76. The maximum absolute atomic E-state index is 13.4. The van der Waals surface area contributed by atoms with E-state index in [2.05, 4.69) is 10.6 Å². The van der Waals surface area contributed by atoms with Crippen molar-refractivity contribution >= 4 is 17.9 Å². The second-order valence-corrected chi connectivity index (χ2v) is 9.45. The molecule has 33 heavy (non-hydrogen) atoms. The molecule has 0 fully saturated rings. The zero-order chi connectivity index (χ0) is 25.3. The van der Waals surface area contributed by atoms with Crippen molar-refractivity contribution in [3.05, 3.63) is 34.9 Å². The van der Waals surface area contributed by atoms with Crippen molar-refractivity contribution in [2.45, 2.75) is 92.0 Å². The normalized spacial score (nSPS) is 13.8. The molecule has 0 aliphatic rings. The third kappa shape index (κ3) is 8.76. The standard InChI is InChI=1S/C25H38N4O4/c1-9-10-18(4)27-22(30)21(20-12-11-16(2)15-17(20)3)29(14-13-26)23(31)19(5)28-24(32)33-25(6,7)8/h11-12,15,18-19,21H,9-10,14H2,1-8H3,(H,27,30)(H,28,32). The summed E-state index contributed by atoms with van der Waals surface area (Å²) in [7, 11) is 0. The number of rotatable bonds is 9. The number of ether oxygens (including phenoxy) is 1. The maximum atomic E-state index is 13.4. The van der Waals surface area contributed by atoms with Gasteiger partial charge in [-0.25, -0.2) is 4.79 Å². The molecule has 0 radical (unpaired) electrons. The summed E-state index contributed by atoms with van der Waals surface area (Å²) in [5, 5.41) is 15.0. The quantitative estimate of drug-likeness (QED) is 0.545. The number of nitrogens with zero attached hydrogens (tertiary/aromatic N) is 2. The average molecular weight is 459 g/mol. The molecular formula is C25H38N4O4. The Hall–Kier alpha value is -3.08. The first kappa shape index (κ1) is 28.0. The van der Waals surface area contributed by atoms with Crippen LogP contribution in [-0.4, -0.2) is 47.0 Å². The molecule has 1 rings (SSSR count). The van der Waals surface area contributed by atoms with E-state index in [9.17, 15) is 19.6 Å². The van der Waals surface area contributed by atoms with Crippen LogP contribution in [0.5, 0.6) is 0 Å². The minimum Gasteiger partial charge on any atom is -0.444 e. The van der Waals surface area contributed by atoms with E-state index < -0.39 is 29.7 Å². The molecule has 0 heterocycles. The highest BCUT2D eigenvalue weighted by Gasteiger charge is 2.35. The van der Waals surface area contributed by atoms with Gasteiger partial charge >= 0.3 is 6.09 Å². The van der Waals surface area contributed by atoms with Gasteiger partial charge in [0, 0.05) is 6.04 Å². The van der Waals surface area contributed by atoms with E-state index in [1.54, 1.807) is 20.8 Å². The Morgan fingerprint density at radius 1 is 1.15 bits per heavy atom. The molecule has 0 aliphatic carbocycles. The van der Waals surface area contributed by atoms with Gasteiger partial charge in [0.25, 0.3) is 0 Å². The first-order valence-electron chi connectivity index (χ1n) is 11.3. The second kappa shape index (κ2) is 12.2. The molecule has 0 aromatic heterocycles. The summed E-state index contributed by atoms with van der Waals surface area (Å²) in [6, 6.07) is 5.50. The predicted molar refractivity (Wildman–Crippen MR) is 127 cm³/mol. The molecule has 1 aromatic carbocycles. The highest BCUT2D eigenvalue weighted by Crippen LogP contribution is 2.26. The molecule has 0 saturated heterocycles. The highest BCUT2D eigenvalue weighted by atomic mass is 16.6. The first-order valence-corrected chi connectivity index (χ1v) is 11.3. The molecule has 8 nitrogen and oxygen atoms in total. The summed E-state index contributed by atoms with van der Waals surface area (Å²) < 4.78 is 5.24. The number of carbonyl (C=O) groups excluding carboxylic acids is 3. The van der Waals surface area contributed by atoms with Crippen molar-refractivity contribution in [2.75, 3.05) is 6.54 Å². The van der Waals surface area contributed by atoms with Crippen molar-refractivity contribution in [1.29, 1.82) is 5.26 Å². The van der Waals surface area contributed by atoms with Gasteiger partial charge in [0.15, 0.2) is 0 Å². The monoisotopic (exact) mass is 458 g/mol. The summed E-state index contributed by atoms with van der Waals surface area (Å²) in [5.74, 6) is -0.915. The Morgan fingerprint density at radius 2 is 1.79 bits per heavy atom. The van der Waals surface area contributed by atoms with Crippen LogP contribution in [0.15, 0.2) is 18.2 Å². The van der Waals surface area contributed by atoms with Gasteiger partial charge in [-0.15, -0.1) is 0 Å². The molecule has 1 aromatic rings. The van der Waals surface area contributed by atoms with E-state index >= 15 is 0 Å². The number of carbonyl (C=O) groups is 3. The van der Waals surface area contributed by atoms with Crippen LogP contribution in [-0.2, 0) is 14.3 Å². The van der Waals surface area contributed by atoms with Crippen molar-refractivity contribution < 1.29 is 19.1 Å². The lowest BCUT2D eigenvalue weighted by molar-refractivity contribution is -0.141. The fourth-order valence-corrected chi connectivity index (χ4v) is 3.58. The predicted octanol–water partition coefficient (Wildman–Crippen LogP) is 3.91. The fraction of sp³-hybridized carbons (Fsp3) is 0.600. The van der Waals surface area contributed by atoms with Gasteiger partial charge in [-0.1, -0.05) is 37.1 Å². The van der Waals surface area contributed by atoms with Gasteiger partial charge in [0.1, 0.15) is 24.2 Å². The average Bonchev–Trinajstić information content (AvgIpc) is 2.67. The third-order valence-electron chi connectivity index (χ3n) is 5.02. The van der Waals surface area contributed by atoms with E-state index in [4.69, 9.17) is 4.74 Å². The third-order valence-corrected chi connectivity index (χ3v) is 5.02. The lowest BCUT2D eigenvalue weighted by Gasteiger charge is -2.33. The van der Waals surface area contributed by atoms with Gasteiger partial charge in [-0.05, 0) is 66.0 Å². The van der Waals surface area contributed by atoms with Crippen LogP contribution in [0.2, 0.25) is 0 Å². The van der Waals surface area contributed by atoms with E-state index in [-0.39, 0.29) is 18.5 Å². The van der Waals surface area contributed by atoms with Gasteiger partial charge in [-0.3, -0.25) is 9.59 Å². The Labute approximate surface area is 197 Å². The van der Waals surface area contributed by atoms with Crippen molar-refractivity contribution in [3.63, 3.8) is 0 Å². The minimum absolute atomic E-state index is 0.0906. The minimum atomic E-state index is -1.01. The molecule has 0 bridgehead atoms. The molecule has 8 heteroatoms. The number of aryl methyl sites for hydroxylation is 2. The Kier molecular flexibility index (Phi) is 10.4. The highest BCUT2D eigenvalue weighted by molar-refractivity contribution is 5.92. The Morgan fingerprint density at radius 3 is 2.30 bits per heavy atom. The zero-order valence-corrected chi connectivity index (χ0v) is 21.1. The topological polar surface area (TPSA) is 112 Å². The Bertz CT molecular complexity index is 885. The molecule has 3 unspecified atom stereocenters. The van der Waals surface area contributed by atoms with Crippen LogP contribution in [0.3, 0.4) is 0 Å². The zero-order valence-electron chi connectivity index (χ0n) is 21.1. The summed E-state index contributed by atoms with van der Waals surface area (Å²) >= 11 is 0. The van der Waals surface area contributed by atoms with Gasteiger partial charge in [0.05, 0.1) is 6.07 Å². The van der Waals surface area contributed by atoms with Gasteiger partial charge in [-0.2, -0.15) is 5.26 Å². The molecule has 0 spiro atoms. The fourth-order valence-electron chi connectivity index (χ4n) is 3.58. The van der Waals surface area contributed by atoms with Crippen LogP contribution in [0.1, 0.15) is 77.1 Å². The maximum Gasteiger partial charge on any atom is 0.408 e. The van der Waals surface area contributed by atoms with E-state index in [1.807, 2.05) is 52.0 Å². The SMILES string of the molecule is CCCC(C)NC(=O)C(c1ccc(C)cc1C)N(CC#N)C(=O)C(C)NC(=O)OC(C)(C)C. The second-order valence-electron chi connectivity index (χ2n) is 9.45. The van der Waals surface area contributed by atoms with Crippen molar-refractivity contribution in [3.8, 4) is 6.07 Å². The van der Waals surface area contributed by atoms with Crippen LogP contribution >= 0.6 is 0 Å². The van der Waals surface area contributed by atoms with Crippen LogP contribution in [0, 0.1) is 25.2 Å². The summed E-state index contributed by atoms with van der Waals surface area (Å²) in [6.07, 6.45) is 0.936. The van der Waals surface area contributed by atoms with E-state index in [1.165, 1.54) is 11.8 Å². The molecular weight excluding hydrogens is 420 g/mol. The summed E-state index contributed by atoms with van der Waals surface area (Å²) in [6.45, 7) is 14.1. The van der Waals surface area contributed by atoms with E-state index in [0.29, 0.717) is 5.56 Å². The smallest absolute Gasteiger partial charge is 0.408 e. The molecule has 182 valence electrons. The lowest BCUT2D eigenvalue weighted by Crippen LogP contribution is -2.52.